The number of ketones is 2. The first-order valence-corrected chi connectivity index (χ1v) is 16.1. The van der Waals surface area contributed by atoms with Crippen molar-refractivity contribution in [3.8, 4) is 11.1 Å². The lowest BCUT2D eigenvalue weighted by Crippen LogP contribution is -2.38. The molecule has 6 aromatic carbocycles. The standard InChI is InChI=1S/C41H35NO3/c1-5-35-31-19-18-30-29-17-15-27(23(3)43)36-28(24(4)44)16-20-32(37(29)36)39-33(25-13-11-22(2)12-14-25)21-34(38(31)40(30)39)41(45)42(35)26-9-7-6-8-10-26/h5,11-21,26H,6-10H2,1-4H3/b35-5-. The quantitative estimate of drug-likeness (QED) is 0.117. The van der Waals surface area contributed by atoms with Crippen molar-refractivity contribution in [1.82, 2.24) is 4.57 Å². The van der Waals surface area contributed by atoms with E-state index in [9.17, 15) is 14.4 Å². The zero-order valence-electron chi connectivity index (χ0n) is 26.2. The van der Waals surface area contributed by atoms with Crippen LogP contribution in [0.1, 0.15) is 85.2 Å². The summed E-state index contributed by atoms with van der Waals surface area (Å²) in [5.74, 6) is -0.135. The molecule has 222 valence electrons. The van der Waals surface area contributed by atoms with Gasteiger partial charge >= 0.3 is 0 Å². The topological polar surface area (TPSA) is 56.1 Å². The molecule has 0 saturated heterocycles. The van der Waals surface area contributed by atoms with Gasteiger partial charge in [0.05, 0.1) is 0 Å². The van der Waals surface area contributed by atoms with E-state index < -0.39 is 0 Å². The van der Waals surface area contributed by atoms with E-state index in [0.29, 0.717) is 16.5 Å². The van der Waals surface area contributed by atoms with Gasteiger partial charge in [-0.3, -0.25) is 14.4 Å². The summed E-state index contributed by atoms with van der Waals surface area (Å²) in [7, 11) is 0. The fourth-order valence-corrected chi connectivity index (χ4v) is 8.29. The van der Waals surface area contributed by atoms with E-state index in [1.165, 1.54) is 12.0 Å². The lowest BCUT2D eigenvalue weighted by molar-refractivity contribution is 0.101. The Labute approximate surface area is 261 Å². The first-order valence-electron chi connectivity index (χ1n) is 16.1. The number of hydrogen-bond acceptors (Lipinski definition) is 3. The van der Waals surface area contributed by atoms with Crippen LogP contribution in [0, 0.1) is 6.92 Å². The molecular weight excluding hydrogens is 554 g/mol. The van der Waals surface area contributed by atoms with Crippen molar-refractivity contribution >= 4 is 71.5 Å². The molecule has 0 unspecified atom stereocenters. The summed E-state index contributed by atoms with van der Waals surface area (Å²) < 4.78 is 2.09. The molecule has 1 saturated carbocycles. The van der Waals surface area contributed by atoms with Crippen LogP contribution in [0.2, 0.25) is 0 Å². The molecule has 0 atom stereocenters. The van der Waals surface area contributed by atoms with Gasteiger partial charge in [0.1, 0.15) is 0 Å². The third-order valence-corrected chi connectivity index (χ3v) is 10.3. The number of Topliss-reactive ketones (excluding diaryl/α,β-unsaturated/α-hetero) is 2. The molecule has 8 rings (SSSR count). The Morgan fingerprint density at radius 3 is 1.89 bits per heavy atom. The summed E-state index contributed by atoms with van der Waals surface area (Å²) >= 11 is 0. The molecule has 7 aromatic rings. The Morgan fingerprint density at radius 1 is 0.667 bits per heavy atom. The van der Waals surface area contributed by atoms with Crippen molar-refractivity contribution < 1.29 is 9.59 Å². The third-order valence-electron chi connectivity index (χ3n) is 10.3. The van der Waals surface area contributed by atoms with Gasteiger partial charge in [-0.05, 0) is 90.0 Å². The van der Waals surface area contributed by atoms with E-state index in [2.05, 4.69) is 60.0 Å². The highest BCUT2D eigenvalue weighted by atomic mass is 16.1. The number of aromatic nitrogens is 1. The normalized spacial score (nSPS) is 15.0. The highest BCUT2D eigenvalue weighted by Crippen LogP contribution is 2.47. The fourth-order valence-electron chi connectivity index (χ4n) is 8.29. The van der Waals surface area contributed by atoms with E-state index in [-0.39, 0.29) is 23.2 Å². The maximum atomic E-state index is 14.7. The molecule has 0 amide bonds. The number of fused-ring (bicyclic) bond motifs is 2. The summed E-state index contributed by atoms with van der Waals surface area (Å²) in [6.07, 6.45) is 7.67. The van der Waals surface area contributed by atoms with Gasteiger partial charge in [-0.15, -0.1) is 0 Å². The minimum Gasteiger partial charge on any atom is -0.305 e. The van der Waals surface area contributed by atoms with Gasteiger partial charge in [0.15, 0.2) is 11.6 Å². The zero-order valence-corrected chi connectivity index (χ0v) is 26.2. The van der Waals surface area contributed by atoms with Crippen molar-refractivity contribution in [2.45, 2.75) is 65.8 Å². The van der Waals surface area contributed by atoms with Gasteiger partial charge < -0.3 is 4.57 Å². The van der Waals surface area contributed by atoms with Crippen molar-refractivity contribution in [2.75, 3.05) is 0 Å². The molecule has 1 aliphatic carbocycles. The van der Waals surface area contributed by atoms with E-state index >= 15 is 0 Å². The Hall–Kier alpha value is -4.83. The monoisotopic (exact) mass is 589 g/mol. The minimum absolute atomic E-state index is 0.0675. The summed E-state index contributed by atoms with van der Waals surface area (Å²) in [6.45, 7) is 7.25. The van der Waals surface area contributed by atoms with Crippen molar-refractivity contribution in [2.24, 2.45) is 0 Å². The first kappa shape index (κ1) is 27.7. The SMILES string of the molecule is C/C=c1/c2ccc3c4ccc(C(C)=O)c5c(C(C)=O)ccc(c6c(-c7ccc(C)cc7)cc(c(=O)n1C1CCCCC1)c2c36)c54. The molecule has 4 heteroatoms. The summed E-state index contributed by atoms with van der Waals surface area (Å²) in [5.41, 5.74) is 4.39. The molecule has 0 spiro atoms. The van der Waals surface area contributed by atoms with Crippen molar-refractivity contribution in [1.29, 1.82) is 0 Å². The van der Waals surface area contributed by atoms with Crippen LogP contribution >= 0.6 is 0 Å². The molecule has 45 heavy (non-hydrogen) atoms. The van der Waals surface area contributed by atoms with E-state index in [1.54, 1.807) is 13.8 Å². The third kappa shape index (κ3) is 3.88. The summed E-state index contributed by atoms with van der Waals surface area (Å²) in [4.78, 5) is 40.6. The number of carbonyl (C=O) groups is 2. The molecule has 1 heterocycles. The number of aryl methyl sites for hydroxylation is 1. The molecule has 1 fully saturated rings. The van der Waals surface area contributed by atoms with Crippen LogP contribution in [0.25, 0.3) is 71.1 Å². The number of benzene rings is 6. The van der Waals surface area contributed by atoms with Crippen LogP contribution in [0.4, 0.5) is 0 Å². The second kappa shape index (κ2) is 10.1. The molecule has 1 aliphatic rings. The van der Waals surface area contributed by atoms with Crippen LogP contribution in [0.5, 0.6) is 0 Å². The van der Waals surface area contributed by atoms with Crippen LogP contribution in [0.15, 0.2) is 71.5 Å². The second-order valence-corrected chi connectivity index (χ2v) is 12.9. The predicted octanol–water partition coefficient (Wildman–Crippen LogP) is 9.46. The van der Waals surface area contributed by atoms with E-state index in [0.717, 1.165) is 90.6 Å². The van der Waals surface area contributed by atoms with Gasteiger partial charge in [-0.1, -0.05) is 91.6 Å². The number of pyridine rings is 1. The van der Waals surface area contributed by atoms with Crippen molar-refractivity contribution in [3.05, 3.63) is 99.1 Å². The molecule has 0 aliphatic heterocycles. The lowest BCUT2D eigenvalue weighted by atomic mass is 9.81. The van der Waals surface area contributed by atoms with Gasteiger partial charge in [0.2, 0.25) is 0 Å². The molecular formula is C41H35NO3. The number of rotatable bonds is 4. The van der Waals surface area contributed by atoms with Crippen LogP contribution < -0.4 is 10.9 Å². The number of hydrogen-bond donors (Lipinski definition) is 0. The lowest BCUT2D eigenvalue weighted by Gasteiger charge is -2.27. The summed E-state index contributed by atoms with van der Waals surface area (Å²) in [6, 6.07) is 23.0. The average molecular weight is 590 g/mol. The molecule has 4 nitrogen and oxygen atoms in total. The van der Waals surface area contributed by atoms with Crippen LogP contribution in [-0.2, 0) is 0 Å². The zero-order chi connectivity index (χ0) is 31.1. The molecule has 0 radical (unpaired) electrons. The highest BCUT2D eigenvalue weighted by molar-refractivity contribution is 6.41. The number of carbonyl (C=O) groups excluding carboxylic acids is 2. The van der Waals surface area contributed by atoms with Crippen LogP contribution in [0.3, 0.4) is 0 Å². The van der Waals surface area contributed by atoms with Crippen LogP contribution in [-0.4, -0.2) is 16.1 Å². The average Bonchev–Trinajstić information content (AvgIpc) is 3.05. The van der Waals surface area contributed by atoms with Gasteiger partial charge in [-0.25, -0.2) is 0 Å². The van der Waals surface area contributed by atoms with Crippen molar-refractivity contribution in [3.63, 3.8) is 0 Å². The maximum Gasteiger partial charge on any atom is 0.259 e. The number of nitrogens with zero attached hydrogens (tertiary/aromatic N) is 1. The van der Waals surface area contributed by atoms with E-state index in [1.807, 2.05) is 31.2 Å². The Kier molecular flexibility index (Phi) is 6.22. The molecule has 0 N–H and O–H groups in total. The molecule has 1 aromatic heterocycles. The fraction of sp³-hybridized carbons (Fsp3) is 0.244. The Bertz CT molecular complexity index is 2470. The Balaban J connectivity index is 1.67. The van der Waals surface area contributed by atoms with Gasteiger partial charge in [0.25, 0.3) is 5.56 Å². The highest BCUT2D eigenvalue weighted by Gasteiger charge is 2.26. The van der Waals surface area contributed by atoms with Gasteiger partial charge in [-0.2, -0.15) is 0 Å². The first-order chi connectivity index (χ1) is 21.8. The van der Waals surface area contributed by atoms with E-state index in [4.69, 9.17) is 0 Å². The Morgan fingerprint density at radius 2 is 1.24 bits per heavy atom. The van der Waals surface area contributed by atoms with Gasteiger partial charge in [0, 0.05) is 44.1 Å². The largest absolute Gasteiger partial charge is 0.305 e. The summed E-state index contributed by atoms with van der Waals surface area (Å²) in [5, 5.41) is 10.6. The minimum atomic E-state index is -0.0675. The maximum absolute atomic E-state index is 14.7. The predicted molar refractivity (Wildman–Crippen MR) is 187 cm³/mol. The second-order valence-electron chi connectivity index (χ2n) is 12.9. The smallest absolute Gasteiger partial charge is 0.259 e. The molecule has 0 bridgehead atoms.